The molecule has 1 aliphatic rings. The first-order valence-corrected chi connectivity index (χ1v) is 7.70. The van der Waals surface area contributed by atoms with Crippen molar-refractivity contribution in [2.75, 3.05) is 18.4 Å². The van der Waals surface area contributed by atoms with E-state index in [9.17, 15) is 14.4 Å². The Kier molecular flexibility index (Phi) is 4.71. The number of halogens is 2. The number of benzene rings is 1. The van der Waals surface area contributed by atoms with Gasteiger partial charge in [-0.05, 0) is 50.9 Å². The summed E-state index contributed by atoms with van der Waals surface area (Å²) in [5, 5.41) is 19.1. The molecular weight excluding hydrogens is 387 g/mol. The summed E-state index contributed by atoms with van der Waals surface area (Å²) in [6, 6.07) is 3.69. The van der Waals surface area contributed by atoms with Crippen LogP contribution in [0.1, 0.15) is 12.1 Å². The molecule has 11 heteroatoms. The van der Waals surface area contributed by atoms with Gasteiger partial charge in [0.1, 0.15) is 5.82 Å². The van der Waals surface area contributed by atoms with Crippen LogP contribution in [0.5, 0.6) is 0 Å². The summed E-state index contributed by atoms with van der Waals surface area (Å²) in [5.41, 5.74) is 2.21. The summed E-state index contributed by atoms with van der Waals surface area (Å²) in [4.78, 5) is 17.6. The number of nitrogens with one attached hydrogen (secondary N) is 2. The molecule has 126 valence electrons. The lowest BCUT2D eigenvalue weighted by Crippen LogP contribution is -2.44. The maximum atomic E-state index is 13.3. The molecule has 1 aromatic carbocycles. The second-order valence-electron chi connectivity index (χ2n) is 4.90. The number of carbonyl (C=O) groups is 1. The van der Waals surface area contributed by atoms with Crippen LogP contribution in [0.3, 0.4) is 0 Å². The summed E-state index contributed by atoms with van der Waals surface area (Å²) in [6.07, 6.45) is 0.946. The topological polar surface area (TPSA) is 116 Å². The molecule has 2 heterocycles. The van der Waals surface area contributed by atoms with Gasteiger partial charge in [-0.1, -0.05) is 0 Å². The van der Waals surface area contributed by atoms with Crippen molar-refractivity contribution in [3.8, 4) is 0 Å². The van der Waals surface area contributed by atoms with E-state index in [-0.39, 0.29) is 27.9 Å². The van der Waals surface area contributed by atoms with Crippen molar-refractivity contribution in [1.82, 2.24) is 20.7 Å². The predicted molar refractivity (Wildman–Crippen MR) is 84.7 cm³/mol. The largest absolute Gasteiger partial charge is 0.324 e. The van der Waals surface area contributed by atoms with Crippen LogP contribution >= 0.6 is 15.9 Å². The first-order chi connectivity index (χ1) is 11.6. The van der Waals surface area contributed by atoms with Crippen LogP contribution in [0.15, 0.2) is 32.3 Å². The van der Waals surface area contributed by atoms with Gasteiger partial charge in [0.2, 0.25) is 5.82 Å². The van der Waals surface area contributed by atoms with Gasteiger partial charge in [-0.3, -0.25) is 16.0 Å². The number of likely N-dealkylation sites (tertiary alicyclic amines) is 1. The molecule has 1 aliphatic heterocycles. The van der Waals surface area contributed by atoms with Crippen molar-refractivity contribution in [2.24, 2.45) is 4.99 Å². The Hall–Kier alpha value is -2.53. The molecule has 24 heavy (non-hydrogen) atoms. The predicted octanol–water partition coefficient (Wildman–Crippen LogP) is 2.27. The minimum atomic E-state index is -0.446. The van der Waals surface area contributed by atoms with Gasteiger partial charge < -0.3 is 4.90 Å². The molecule has 1 saturated heterocycles. The quantitative estimate of drug-likeness (QED) is 0.414. The van der Waals surface area contributed by atoms with Gasteiger partial charge in [-0.15, -0.1) is 0 Å². The van der Waals surface area contributed by atoms with E-state index in [1.807, 2.05) is 5.48 Å². The number of aromatic nitrogens is 2. The Morgan fingerprint density at radius 1 is 1.42 bits per heavy atom. The summed E-state index contributed by atoms with van der Waals surface area (Å²) >= 11 is 3.05. The standard InChI is InChI=1S/C13H12BrFN6O3/c14-8-6-7(2-3-9(8)15)16-11(18-23)10-12(20-24-19-10)17-13(22)21-4-1-5-21/h2-3,6,23H,1,4-5H2,(H,16,18)(H,17,20,22). The molecule has 0 bridgehead atoms. The Morgan fingerprint density at radius 2 is 2.21 bits per heavy atom. The third kappa shape index (κ3) is 3.36. The summed E-state index contributed by atoms with van der Waals surface area (Å²) in [5.74, 6) is -0.555. The number of urea groups is 1. The molecule has 0 radical (unpaired) electrons. The number of nitrogens with zero attached hydrogens (tertiary/aromatic N) is 4. The second-order valence-corrected chi connectivity index (χ2v) is 5.76. The smallest absolute Gasteiger partial charge is 0.323 e. The third-order valence-electron chi connectivity index (χ3n) is 3.33. The zero-order chi connectivity index (χ0) is 17.1. The maximum absolute atomic E-state index is 13.3. The average Bonchev–Trinajstić information content (AvgIpc) is 2.94. The first kappa shape index (κ1) is 16.3. The van der Waals surface area contributed by atoms with Crippen molar-refractivity contribution in [1.29, 1.82) is 0 Å². The highest BCUT2D eigenvalue weighted by atomic mass is 79.9. The molecule has 0 atom stereocenters. The van der Waals surface area contributed by atoms with Gasteiger partial charge in [0.25, 0.3) is 0 Å². The van der Waals surface area contributed by atoms with Gasteiger partial charge in [0.15, 0.2) is 11.5 Å². The monoisotopic (exact) mass is 398 g/mol. The van der Waals surface area contributed by atoms with E-state index in [4.69, 9.17) is 0 Å². The lowest BCUT2D eigenvalue weighted by atomic mass is 10.2. The van der Waals surface area contributed by atoms with E-state index in [1.54, 1.807) is 4.90 Å². The summed E-state index contributed by atoms with van der Waals surface area (Å²) in [7, 11) is 0. The molecule has 3 N–H and O–H groups in total. The molecule has 0 spiro atoms. The molecule has 0 saturated carbocycles. The van der Waals surface area contributed by atoms with E-state index in [0.29, 0.717) is 18.8 Å². The molecule has 1 aromatic heterocycles. The van der Waals surface area contributed by atoms with Crippen LogP contribution < -0.4 is 10.8 Å². The van der Waals surface area contributed by atoms with Crippen molar-refractivity contribution in [2.45, 2.75) is 6.42 Å². The fraction of sp³-hybridized carbons (Fsp3) is 0.231. The van der Waals surface area contributed by atoms with E-state index >= 15 is 0 Å². The summed E-state index contributed by atoms with van der Waals surface area (Å²) in [6.45, 7) is 1.32. The van der Waals surface area contributed by atoms with Crippen LogP contribution in [0, 0.1) is 5.82 Å². The molecule has 2 aromatic rings. The molecule has 0 unspecified atom stereocenters. The molecule has 1 fully saturated rings. The zero-order valence-electron chi connectivity index (χ0n) is 12.2. The average molecular weight is 399 g/mol. The number of hydroxylamine groups is 1. The van der Waals surface area contributed by atoms with Crippen molar-refractivity contribution >= 4 is 39.3 Å². The number of anilines is 1. The highest BCUT2D eigenvalue weighted by Crippen LogP contribution is 2.23. The number of amidine groups is 1. The highest BCUT2D eigenvalue weighted by Gasteiger charge is 2.24. The van der Waals surface area contributed by atoms with Gasteiger partial charge >= 0.3 is 6.03 Å². The minimum absolute atomic E-state index is 0.00632. The van der Waals surface area contributed by atoms with Crippen molar-refractivity contribution in [3.63, 3.8) is 0 Å². The van der Waals surface area contributed by atoms with Crippen molar-refractivity contribution in [3.05, 3.63) is 34.2 Å². The fourth-order valence-corrected chi connectivity index (χ4v) is 2.31. The van der Waals surface area contributed by atoms with Gasteiger partial charge in [-0.25, -0.2) is 18.8 Å². The molecule has 2 amide bonds. The van der Waals surface area contributed by atoms with Crippen LogP contribution in [-0.2, 0) is 0 Å². The second kappa shape index (κ2) is 6.93. The van der Waals surface area contributed by atoms with Gasteiger partial charge in [0.05, 0.1) is 10.2 Å². The van der Waals surface area contributed by atoms with Crippen LogP contribution in [0.2, 0.25) is 0 Å². The number of aliphatic imine (C=N–C) groups is 1. The van der Waals surface area contributed by atoms with Crippen LogP contribution in [0.25, 0.3) is 0 Å². The van der Waals surface area contributed by atoms with Gasteiger partial charge in [-0.2, -0.15) is 0 Å². The van der Waals surface area contributed by atoms with E-state index in [2.05, 4.69) is 41.2 Å². The summed E-state index contributed by atoms with van der Waals surface area (Å²) < 4.78 is 18.1. The lowest BCUT2D eigenvalue weighted by molar-refractivity contribution is 0.181. The number of carbonyl (C=O) groups excluding carboxylic acids is 1. The Labute approximate surface area is 143 Å². The molecule has 9 nitrogen and oxygen atoms in total. The fourth-order valence-electron chi connectivity index (χ4n) is 1.94. The Bertz CT molecular complexity index is 792. The number of hydrogen-bond acceptors (Lipinski definition) is 6. The molecular formula is C13H12BrFN6O3. The normalized spacial score (nSPS) is 14.3. The SMILES string of the molecule is O=C(Nc1nonc1C(=Nc1ccc(F)c(Br)c1)NO)N1CCC1. The number of hydrogen-bond donors (Lipinski definition) is 3. The molecule has 0 aliphatic carbocycles. The number of amides is 2. The highest BCUT2D eigenvalue weighted by molar-refractivity contribution is 9.10. The zero-order valence-corrected chi connectivity index (χ0v) is 13.7. The Balaban J connectivity index is 1.85. The molecule has 3 rings (SSSR count). The first-order valence-electron chi connectivity index (χ1n) is 6.91. The minimum Gasteiger partial charge on any atom is -0.324 e. The van der Waals surface area contributed by atoms with E-state index in [0.717, 1.165) is 6.42 Å². The third-order valence-corrected chi connectivity index (χ3v) is 3.94. The van der Waals surface area contributed by atoms with E-state index < -0.39 is 5.82 Å². The van der Waals surface area contributed by atoms with Crippen LogP contribution in [-0.4, -0.2) is 45.4 Å². The van der Waals surface area contributed by atoms with Crippen LogP contribution in [0.4, 0.5) is 20.7 Å². The lowest BCUT2D eigenvalue weighted by Gasteiger charge is -2.30. The van der Waals surface area contributed by atoms with Gasteiger partial charge in [0, 0.05) is 13.1 Å². The Morgan fingerprint density at radius 3 is 2.83 bits per heavy atom. The van der Waals surface area contributed by atoms with Crippen molar-refractivity contribution < 1.29 is 19.0 Å². The number of rotatable bonds is 3. The van der Waals surface area contributed by atoms with E-state index in [1.165, 1.54) is 18.2 Å². The maximum Gasteiger partial charge on any atom is 0.323 e.